The first-order valence-electron chi connectivity index (χ1n) is 53.0. The lowest BCUT2D eigenvalue weighted by atomic mass is 9.92. The molecular weight excluding hydrogens is 1870 g/mol. The molecule has 0 spiro atoms. The minimum atomic E-state index is -0.250. The van der Waals surface area contributed by atoms with Gasteiger partial charge < -0.3 is 74.1 Å². The van der Waals surface area contributed by atoms with Gasteiger partial charge in [-0.05, 0) is 191 Å². The minimum absolute atomic E-state index is 0.0508. The number of nitrogens with one attached hydrogen (secondary N) is 3. The fraction of sp³-hybridized carbons (Fsp3) is 0.477. The number of anilines is 8. The molecule has 772 valence electrons. The molecule has 148 heavy (non-hydrogen) atoms. The van der Waals surface area contributed by atoms with Gasteiger partial charge in [-0.1, -0.05) is 31.2 Å². The Balaban J connectivity index is 0.000000116. The summed E-state index contributed by atoms with van der Waals surface area (Å²) in [5.41, 5.74) is 28.6. The predicted octanol–water partition coefficient (Wildman–Crippen LogP) is 14.0. The van der Waals surface area contributed by atoms with Gasteiger partial charge in [-0.25, -0.2) is 4.79 Å². The van der Waals surface area contributed by atoms with Crippen molar-refractivity contribution in [3.05, 3.63) is 206 Å². The fourth-order valence-corrected chi connectivity index (χ4v) is 23.6. The highest BCUT2D eigenvalue weighted by molar-refractivity contribution is 5.93. The van der Waals surface area contributed by atoms with Crippen molar-refractivity contribution in [2.75, 3.05) is 146 Å². The summed E-state index contributed by atoms with van der Waals surface area (Å²) in [6.07, 6.45) is 32.8. The Morgan fingerprint density at radius 2 is 0.750 bits per heavy atom. The Morgan fingerprint density at radius 3 is 1.14 bits per heavy atom. The third kappa shape index (κ3) is 20.3. The molecule has 3 aromatic carbocycles. The first kappa shape index (κ1) is 99.5. The van der Waals surface area contributed by atoms with Gasteiger partial charge in [-0.2, -0.15) is 35.9 Å². The van der Waals surface area contributed by atoms with Crippen LogP contribution < -0.4 is 35.6 Å². The van der Waals surface area contributed by atoms with Crippen LogP contribution in [0.1, 0.15) is 222 Å². The molecule has 3 N–H and O–H groups in total. The van der Waals surface area contributed by atoms with E-state index in [0.29, 0.717) is 80.8 Å². The second-order valence-electron chi connectivity index (χ2n) is 40.5. The Hall–Kier alpha value is -14.5. The third-order valence-corrected chi connectivity index (χ3v) is 31.5. The van der Waals surface area contributed by atoms with Crippen LogP contribution in [0.15, 0.2) is 122 Å². The number of ether oxygens (including phenoxy) is 4. The van der Waals surface area contributed by atoms with Crippen LogP contribution in [0.3, 0.4) is 0 Å². The molecule has 37 nitrogen and oxygen atoms in total. The van der Waals surface area contributed by atoms with Crippen LogP contribution in [0.2, 0.25) is 0 Å². The molecule has 0 aliphatic carbocycles. The molecule has 4 fully saturated rings. The van der Waals surface area contributed by atoms with Crippen molar-refractivity contribution in [1.29, 1.82) is 5.26 Å². The number of hydrogen-bond acceptors (Lipinski definition) is 24. The summed E-state index contributed by atoms with van der Waals surface area (Å²) in [4.78, 5) is 104. The fourth-order valence-electron chi connectivity index (χ4n) is 23.6. The Morgan fingerprint density at radius 1 is 0.378 bits per heavy atom. The molecule has 21 heterocycles. The number of aromatic nitrogens is 15. The number of amides is 7. The predicted molar refractivity (Wildman–Crippen MR) is 560 cm³/mol. The molecule has 0 radical (unpaired) electrons. The molecule has 7 amide bonds. The lowest BCUT2D eigenvalue weighted by Gasteiger charge is -2.33. The number of pyridine rings is 3. The first-order chi connectivity index (χ1) is 72.2. The number of aryl methyl sites for hydroxylation is 6. The van der Waals surface area contributed by atoms with Crippen LogP contribution in [0.25, 0.3) is 44.6 Å². The van der Waals surface area contributed by atoms with Crippen LogP contribution in [0, 0.1) is 11.3 Å². The van der Waals surface area contributed by atoms with Gasteiger partial charge in [-0.3, -0.25) is 67.0 Å². The topological polar surface area (TPSA) is 371 Å². The summed E-state index contributed by atoms with van der Waals surface area (Å²) in [6.45, 7) is 20.2. The highest BCUT2D eigenvalue weighted by Crippen LogP contribution is 2.48. The van der Waals surface area contributed by atoms with E-state index in [2.05, 4.69) is 135 Å². The van der Waals surface area contributed by atoms with Crippen molar-refractivity contribution in [2.24, 2.45) is 14.1 Å². The summed E-state index contributed by atoms with van der Waals surface area (Å²) in [5.74, 6) is 3.86. The molecule has 0 bridgehead atoms. The number of urea groups is 1. The van der Waals surface area contributed by atoms with Gasteiger partial charge in [0, 0.05) is 301 Å². The summed E-state index contributed by atoms with van der Waals surface area (Å²) >= 11 is 0. The molecule has 0 unspecified atom stereocenters. The largest absolute Gasteiger partial charge is 0.381 e. The van der Waals surface area contributed by atoms with Crippen molar-refractivity contribution in [3.8, 4) is 50.7 Å². The average Bonchev–Trinajstić information content (AvgIpc) is 1.60. The first-order valence-corrected chi connectivity index (χ1v) is 53.0. The van der Waals surface area contributed by atoms with E-state index in [4.69, 9.17) is 44.3 Å². The van der Waals surface area contributed by atoms with Gasteiger partial charge in [0.05, 0.1) is 92.0 Å². The number of benzene rings is 3. The molecule has 0 atom stereocenters. The normalized spacial score (nSPS) is 17.9. The summed E-state index contributed by atoms with van der Waals surface area (Å²) in [6, 6.07) is 30.4. The van der Waals surface area contributed by atoms with E-state index in [1.165, 1.54) is 61.8 Å². The maximum absolute atomic E-state index is 12.6. The van der Waals surface area contributed by atoms with Crippen molar-refractivity contribution < 1.29 is 47.7 Å². The quantitative estimate of drug-likeness (QED) is 0.0858. The number of nitrogens with zero attached hydrogens (tertiary/aromatic N) is 24. The standard InChI is InChI=1S/C30H33N7O3.C29H35N7O3.C27H34N6O2.C25H31N7O2/c1-19(38)35-11-7-27-25(18-35)29(34-37(27)23-8-12-40-13-9-23)36-10-3-4-20-14-24(22(16-31)15-28(20)36)21-5-6-26(33-17-21)30(39)32-2;1-30-28(37)24-7-5-21(17-32-24)19-6-8-25-20(16-19)4-3-12-35(25)27-23-18-34(29(38)31-2)13-9-26(23)36(33-27)22-10-14-39-15-11-22;1-3-26(34)31-12-8-25-23(18-31)27(29-33(25)22-9-13-35-14-10-22)32-11-4-5-20-15-19(6-7-24(20)32)21-16-28-30(2)17-21;1-17(33)30-9-5-23-21(16-30)25(28-32(23)20-6-10-34-11-7-20)31-8-3-4-18-12-22(26-14-24(18)31)19-13-27-29(2)15-19/h5-6,14-15,17,23H,3-4,7-13,18H2,1-2H3,(H,32,39);5-8,16-17,22H,3-4,9-15,18H2,1-2H3,(H,30,37)(H,31,38);6-7,15-17,22H,3-5,8-14,18H2,1-2H3;12-15,20H,3-11,16H2,1-2H3. The number of carbonyl (C=O) groups is 6. The summed E-state index contributed by atoms with van der Waals surface area (Å²) < 4.78 is 35.2. The maximum Gasteiger partial charge on any atom is 0.317 e. The molecule has 9 aromatic heterocycles. The van der Waals surface area contributed by atoms with Crippen LogP contribution in [0.4, 0.5) is 50.8 Å². The van der Waals surface area contributed by atoms with Crippen LogP contribution in [0.5, 0.6) is 0 Å². The second kappa shape index (κ2) is 43.9. The molecule has 12 aliphatic rings. The highest BCUT2D eigenvalue weighted by atomic mass is 16.5. The number of hydrogen-bond donors (Lipinski definition) is 3. The highest BCUT2D eigenvalue weighted by Gasteiger charge is 2.41. The number of rotatable bonds is 15. The van der Waals surface area contributed by atoms with E-state index >= 15 is 0 Å². The summed E-state index contributed by atoms with van der Waals surface area (Å²) in [5, 5.41) is 47.7. The maximum atomic E-state index is 12.6. The molecule has 24 rings (SSSR count). The van der Waals surface area contributed by atoms with Gasteiger partial charge in [-0.15, -0.1) is 0 Å². The Bertz CT molecular complexity index is 6980. The Kier molecular flexibility index (Phi) is 29.5. The van der Waals surface area contributed by atoms with Crippen molar-refractivity contribution in [3.63, 3.8) is 0 Å². The number of fused-ring (bicyclic) bond motifs is 8. The number of carbonyl (C=O) groups excluding carboxylic acids is 6. The van der Waals surface area contributed by atoms with E-state index in [0.717, 1.165) is 317 Å². The zero-order valence-electron chi connectivity index (χ0n) is 86.2. The average molecular weight is 2010 g/mol. The molecule has 37 heteroatoms. The molecule has 0 saturated carbocycles. The van der Waals surface area contributed by atoms with Gasteiger partial charge in [0.2, 0.25) is 17.7 Å². The van der Waals surface area contributed by atoms with Gasteiger partial charge in [0.15, 0.2) is 23.3 Å². The summed E-state index contributed by atoms with van der Waals surface area (Å²) in [7, 11) is 8.74. The molecule has 12 aliphatic heterocycles. The Labute approximate surface area is 862 Å². The van der Waals surface area contributed by atoms with E-state index in [1.54, 1.807) is 64.2 Å². The van der Waals surface area contributed by atoms with Crippen molar-refractivity contribution in [1.82, 2.24) is 109 Å². The van der Waals surface area contributed by atoms with Gasteiger partial charge in [0.25, 0.3) is 11.8 Å². The second-order valence-corrected chi connectivity index (χ2v) is 40.5. The SMILES string of the molecule is CC(=O)N1CCc2c(c(N3CCCc4cc(-c5cnn(C)c5)ncc43)nn2C2CCOCC2)C1.CCC(=O)N1CCc2c(c(N3CCCc4cc(-c5cnn(C)c5)ccc43)nn2C2CCOCC2)C1.CNC(=O)c1ccc(-c2cc3c(cc2C#N)N(c2nn(C4CCOCC4)c4c2CN(C(C)=O)CC4)CCC3)cn1.CNC(=O)c1ccc(-c2ccc3c(c2)CCCN3c2nn(C3CCOCC3)c3c2CN(C(=O)NC)CC3)cn1. The third-order valence-electron chi connectivity index (χ3n) is 31.5. The van der Waals surface area contributed by atoms with E-state index < -0.39 is 0 Å². The lowest BCUT2D eigenvalue weighted by molar-refractivity contribution is -0.132. The van der Waals surface area contributed by atoms with E-state index in [-0.39, 0.29) is 41.6 Å². The van der Waals surface area contributed by atoms with Crippen molar-refractivity contribution >= 4 is 81.6 Å². The van der Waals surface area contributed by atoms with Crippen LogP contribution >= 0.6 is 0 Å². The van der Waals surface area contributed by atoms with E-state index in [1.807, 2.05) is 88.3 Å². The molecule has 4 saturated heterocycles. The van der Waals surface area contributed by atoms with E-state index in [9.17, 15) is 34.0 Å². The van der Waals surface area contributed by atoms with Gasteiger partial charge in [0.1, 0.15) is 11.4 Å². The number of nitriles is 1. The van der Waals surface area contributed by atoms with Gasteiger partial charge >= 0.3 is 6.03 Å². The zero-order chi connectivity index (χ0) is 102. The molecule has 12 aromatic rings. The monoisotopic (exact) mass is 2000 g/mol. The lowest BCUT2D eigenvalue weighted by Crippen LogP contribution is -2.42. The van der Waals surface area contributed by atoms with Crippen molar-refractivity contribution in [2.45, 2.75) is 206 Å². The zero-order valence-corrected chi connectivity index (χ0v) is 86.2. The minimum Gasteiger partial charge on any atom is -0.381 e. The van der Waals surface area contributed by atoms with Crippen LogP contribution in [-0.4, -0.2) is 255 Å². The van der Waals surface area contributed by atoms with Crippen LogP contribution in [-0.2, 0) is 125 Å². The smallest absolute Gasteiger partial charge is 0.317 e. The molecular formula is C111H133N27O10.